The Morgan fingerprint density at radius 1 is 0.492 bits per heavy atom. The van der Waals surface area contributed by atoms with Crippen molar-refractivity contribution in [2.45, 2.75) is 161 Å². The molecule has 0 saturated carbocycles. The summed E-state index contributed by atoms with van der Waals surface area (Å²) >= 11 is 0. The quantitative estimate of drug-likeness (QED) is 0.0198. The van der Waals surface area contributed by atoms with Gasteiger partial charge in [0.2, 0.25) is 0 Å². The molecule has 2 atom stereocenters. The summed E-state index contributed by atoms with van der Waals surface area (Å²) in [6.07, 6.45) is 65.1. The normalized spacial score (nSPS) is 14.7. The molecule has 358 valence electrons. The van der Waals surface area contributed by atoms with Crippen LogP contribution in [0.5, 0.6) is 0 Å². The number of allylic oxidation sites excluding steroid dienone is 20. The summed E-state index contributed by atoms with van der Waals surface area (Å²) in [5.74, 6) is -0.366. The molecule has 0 spiro atoms. The maximum Gasteiger partial charge on any atom is 0.306 e. The molecule has 0 amide bonds. The lowest BCUT2D eigenvalue weighted by atomic mass is 10.1. The molecule has 0 aromatic rings. The minimum atomic E-state index is -4.55. The van der Waals surface area contributed by atoms with Gasteiger partial charge in [0.05, 0.1) is 34.4 Å². The molecule has 2 unspecified atom stereocenters. The number of phosphoric ester groups is 1. The summed E-state index contributed by atoms with van der Waals surface area (Å²) < 4.78 is 34.6. The Morgan fingerprint density at radius 2 is 0.873 bits per heavy atom. The van der Waals surface area contributed by atoms with Gasteiger partial charge in [-0.25, -0.2) is 0 Å². The van der Waals surface area contributed by atoms with Crippen LogP contribution in [0, 0.1) is 0 Å². The van der Waals surface area contributed by atoms with Crippen LogP contribution in [0.25, 0.3) is 0 Å². The zero-order valence-corrected chi connectivity index (χ0v) is 41.4. The first-order valence-electron chi connectivity index (χ1n) is 24.3. The minimum Gasteiger partial charge on any atom is -0.756 e. The van der Waals surface area contributed by atoms with Gasteiger partial charge in [-0.2, -0.15) is 0 Å². The number of hydrogen-bond acceptors (Lipinski definition) is 7. The second kappa shape index (κ2) is 45.5. The molecule has 0 rings (SSSR count). The first-order chi connectivity index (χ1) is 30.6. The molecule has 0 aromatic heterocycles. The van der Waals surface area contributed by atoms with Gasteiger partial charge >= 0.3 is 5.97 Å². The average Bonchev–Trinajstić information content (AvgIpc) is 3.24. The highest BCUT2D eigenvalue weighted by molar-refractivity contribution is 7.45. The zero-order valence-electron chi connectivity index (χ0n) is 40.5. The first-order valence-corrected chi connectivity index (χ1v) is 25.7. The van der Waals surface area contributed by atoms with E-state index in [2.05, 4.69) is 135 Å². The average molecular weight is 896 g/mol. The van der Waals surface area contributed by atoms with Crippen molar-refractivity contribution in [2.24, 2.45) is 0 Å². The predicted octanol–water partition coefficient (Wildman–Crippen LogP) is 14.3. The van der Waals surface area contributed by atoms with Crippen molar-refractivity contribution in [1.29, 1.82) is 0 Å². The summed E-state index contributed by atoms with van der Waals surface area (Å²) in [6, 6.07) is 0. The molecular weight excluding hydrogens is 806 g/mol. The molecule has 0 N–H and O–H groups in total. The van der Waals surface area contributed by atoms with E-state index in [0.29, 0.717) is 17.6 Å². The lowest BCUT2D eigenvalue weighted by Gasteiger charge is -2.28. The van der Waals surface area contributed by atoms with E-state index in [-0.39, 0.29) is 32.2 Å². The van der Waals surface area contributed by atoms with Crippen LogP contribution in [0.15, 0.2) is 122 Å². The number of unbranched alkanes of at least 4 members (excludes halogenated alkanes) is 9. The smallest absolute Gasteiger partial charge is 0.306 e. The van der Waals surface area contributed by atoms with E-state index in [1.165, 1.54) is 19.3 Å². The van der Waals surface area contributed by atoms with Crippen LogP contribution in [0.1, 0.15) is 155 Å². The predicted molar refractivity (Wildman–Crippen MR) is 267 cm³/mol. The molecule has 0 aliphatic rings. The van der Waals surface area contributed by atoms with Crippen molar-refractivity contribution in [3.05, 3.63) is 122 Å². The van der Waals surface area contributed by atoms with E-state index in [9.17, 15) is 14.3 Å². The summed E-state index contributed by atoms with van der Waals surface area (Å²) in [5.41, 5.74) is 0. The molecule has 0 heterocycles. The number of phosphoric acid groups is 1. The Hall–Kier alpha value is -3.10. The SMILES string of the molecule is CC/C=C\C/C=C\C/C=C\C/C=C\C/C=C\C/C=C\C/C=C\CCCCOCC(COP(=O)([O-])OCC[N+](C)(C)C)OC(=O)CCCCCCCCC/C=C\C/C=C\C/C=C\CC. The summed E-state index contributed by atoms with van der Waals surface area (Å²) in [6.45, 7) is 5.02. The van der Waals surface area contributed by atoms with E-state index in [1.54, 1.807) is 0 Å². The van der Waals surface area contributed by atoms with Gasteiger partial charge in [-0.15, -0.1) is 0 Å². The molecule has 0 aliphatic heterocycles. The Bertz CT molecular complexity index is 1410. The van der Waals surface area contributed by atoms with Gasteiger partial charge in [-0.3, -0.25) is 9.36 Å². The number of hydrogen-bond donors (Lipinski definition) is 0. The second-order valence-corrected chi connectivity index (χ2v) is 18.1. The lowest BCUT2D eigenvalue weighted by molar-refractivity contribution is -0.870. The van der Waals surface area contributed by atoms with Gasteiger partial charge in [-0.1, -0.05) is 167 Å². The summed E-state index contributed by atoms with van der Waals surface area (Å²) in [4.78, 5) is 25.1. The van der Waals surface area contributed by atoms with Crippen LogP contribution in [0.4, 0.5) is 0 Å². The van der Waals surface area contributed by atoms with Crippen LogP contribution in [0.3, 0.4) is 0 Å². The number of nitrogens with zero attached hydrogens (tertiary/aromatic N) is 1. The topological polar surface area (TPSA) is 94.1 Å². The molecule has 0 radical (unpaired) electrons. The van der Waals surface area contributed by atoms with E-state index >= 15 is 0 Å². The second-order valence-electron chi connectivity index (χ2n) is 16.7. The van der Waals surface area contributed by atoms with Crippen molar-refractivity contribution in [3.63, 3.8) is 0 Å². The third kappa shape index (κ3) is 49.8. The number of rotatable bonds is 43. The number of carbonyl (C=O) groups excluding carboxylic acids is 1. The third-order valence-electron chi connectivity index (χ3n) is 9.51. The van der Waals surface area contributed by atoms with Gasteiger partial charge in [0.1, 0.15) is 19.3 Å². The van der Waals surface area contributed by atoms with Gasteiger partial charge < -0.3 is 27.9 Å². The van der Waals surface area contributed by atoms with Crippen LogP contribution >= 0.6 is 7.82 Å². The highest BCUT2D eigenvalue weighted by Gasteiger charge is 2.20. The monoisotopic (exact) mass is 896 g/mol. The molecule has 8 nitrogen and oxygen atoms in total. The molecule has 63 heavy (non-hydrogen) atoms. The van der Waals surface area contributed by atoms with Crippen molar-refractivity contribution in [1.82, 2.24) is 0 Å². The third-order valence-corrected chi connectivity index (χ3v) is 10.5. The Morgan fingerprint density at radius 3 is 1.30 bits per heavy atom. The number of likely N-dealkylation sites (N-methyl/N-ethyl adjacent to an activating group) is 1. The molecule has 0 saturated heterocycles. The van der Waals surface area contributed by atoms with Crippen molar-refractivity contribution in [2.75, 3.05) is 54.1 Å². The minimum absolute atomic E-state index is 0.00750. The van der Waals surface area contributed by atoms with Crippen LogP contribution in [0.2, 0.25) is 0 Å². The van der Waals surface area contributed by atoms with Crippen molar-refractivity contribution >= 4 is 13.8 Å². The standard InChI is InChI=1S/C54H90NO7P/c1-6-8-10-12-14-16-18-20-22-24-25-26-27-28-29-30-32-34-36-38-40-42-44-46-49-59-51-53(52-61-63(57,58)60-50-48-55(3,4)5)62-54(56)47-45-43-41-39-37-35-33-31-23-21-19-17-15-13-11-9-7-2/h8-11,14-17,20-23,25-26,28-29,32,34,38,40,53H,6-7,12-13,18-19,24,27,30-31,33,35-37,39,41-52H2,1-5H3/b10-8-,11-9-,16-14-,17-15-,22-20-,23-21-,26-25-,29-28-,34-32-,40-38-. The van der Waals surface area contributed by atoms with E-state index in [0.717, 1.165) is 116 Å². The molecule has 0 aromatic carbocycles. The van der Waals surface area contributed by atoms with Crippen LogP contribution < -0.4 is 4.89 Å². The molecule has 9 heteroatoms. The van der Waals surface area contributed by atoms with Gasteiger partial charge in [-0.05, 0) is 103 Å². The fourth-order valence-corrected chi connectivity index (χ4v) is 6.56. The molecular formula is C54H90NO7P. The van der Waals surface area contributed by atoms with Crippen LogP contribution in [-0.2, 0) is 27.9 Å². The zero-order chi connectivity index (χ0) is 46.2. The molecule has 0 bridgehead atoms. The Balaban J connectivity index is 4.32. The highest BCUT2D eigenvalue weighted by Crippen LogP contribution is 2.38. The van der Waals surface area contributed by atoms with Gasteiger partial charge in [0.25, 0.3) is 7.82 Å². The summed E-state index contributed by atoms with van der Waals surface area (Å²) in [5, 5.41) is 0. The van der Waals surface area contributed by atoms with Gasteiger partial charge in [0, 0.05) is 13.0 Å². The number of quaternary nitrogens is 1. The Labute approximate surface area is 386 Å². The lowest BCUT2D eigenvalue weighted by Crippen LogP contribution is -2.37. The van der Waals surface area contributed by atoms with Crippen LogP contribution in [-0.4, -0.2) is 70.7 Å². The molecule has 0 fully saturated rings. The maximum absolute atomic E-state index is 12.7. The largest absolute Gasteiger partial charge is 0.756 e. The van der Waals surface area contributed by atoms with E-state index in [4.69, 9.17) is 18.5 Å². The van der Waals surface area contributed by atoms with Gasteiger partial charge in [0.15, 0.2) is 0 Å². The fraction of sp³-hybridized carbons (Fsp3) is 0.611. The number of ether oxygens (including phenoxy) is 2. The number of carbonyl (C=O) groups is 1. The number of esters is 1. The summed E-state index contributed by atoms with van der Waals surface area (Å²) in [7, 11) is 1.30. The maximum atomic E-state index is 12.7. The first kappa shape index (κ1) is 59.9. The van der Waals surface area contributed by atoms with E-state index in [1.807, 2.05) is 21.1 Å². The highest BCUT2D eigenvalue weighted by atomic mass is 31.2. The Kier molecular flexibility index (Phi) is 43.2. The van der Waals surface area contributed by atoms with Crippen molar-refractivity contribution in [3.8, 4) is 0 Å². The van der Waals surface area contributed by atoms with E-state index < -0.39 is 13.9 Å². The fourth-order valence-electron chi connectivity index (χ4n) is 5.83. The molecule has 0 aliphatic carbocycles. The van der Waals surface area contributed by atoms with Crippen molar-refractivity contribution < 1.29 is 37.3 Å².